The Morgan fingerprint density at radius 2 is 1.71 bits per heavy atom. The number of nitrogens with two attached hydrogens (primary N) is 1. The van der Waals surface area contributed by atoms with Crippen molar-refractivity contribution in [3.8, 4) is 11.5 Å². The molecule has 1 rings (SSSR count). The summed E-state index contributed by atoms with van der Waals surface area (Å²) in [4.78, 5) is 0. The van der Waals surface area contributed by atoms with Gasteiger partial charge in [0, 0.05) is 12.1 Å². The van der Waals surface area contributed by atoms with Crippen molar-refractivity contribution in [1.29, 1.82) is 0 Å². The SMILES string of the molecule is COc1cc(N)c(NC(CO)CO)cc1OC. The van der Waals surface area contributed by atoms with E-state index in [-0.39, 0.29) is 13.2 Å². The fraction of sp³-hybridized carbons (Fsp3) is 0.455. The van der Waals surface area contributed by atoms with Gasteiger partial charge in [-0.1, -0.05) is 0 Å². The van der Waals surface area contributed by atoms with Crippen molar-refractivity contribution >= 4 is 11.4 Å². The molecule has 0 heterocycles. The molecule has 0 bridgehead atoms. The molecule has 0 unspecified atom stereocenters. The smallest absolute Gasteiger partial charge is 0.162 e. The number of hydrogen-bond acceptors (Lipinski definition) is 6. The van der Waals surface area contributed by atoms with E-state index in [2.05, 4.69) is 5.32 Å². The van der Waals surface area contributed by atoms with Gasteiger partial charge in [-0.2, -0.15) is 0 Å². The van der Waals surface area contributed by atoms with Gasteiger partial charge in [0.25, 0.3) is 0 Å². The molecular weight excluding hydrogens is 224 g/mol. The number of anilines is 2. The Morgan fingerprint density at radius 3 is 2.18 bits per heavy atom. The third-order valence-corrected chi connectivity index (χ3v) is 2.36. The van der Waals surface area contributed by atoms with Crippen LogP contribution in [0.4, 0.5) is 11.4 Å². The van der Waals surface area contributed by atoms with Crippen molar-refractivity contribution in [2.45, 2.75) is 6.04 Å². The van der Waals surface area contributed by atoms with Crippen LogP contribution in [0.1, 0.15) is 0 Å². The maximum Gasteiger partial charge on any atom is 0.162 e. The molecule has 0 fully saturated rings. The van der Waals surface area contributed by atoms with Gasteiger partial charge in [0.05, 0.1) is 44.8 Å². The molecule has 5 N–H and O–H groups in total. The number of rotatable bonds is 6. The number of ether oxygens (including phenoxy) is 2. The van der Waals surface area contributed by atoms with E-state index in [0.717, 1.165) is 0 Å². The monoisotopic (exact) mass is 242 g/mol. The van der Waals surface area contributed by atoms with E-state index in [9.17, 15) is 0 Å². The molecule has 17 heavy (non-hydrogen) atoms. The van der Waals surface area contributed by atoms with Crippen LogP contribution in [0.3, 0.4) is 0 Å². The molecular formula is C11H18N2O4. The average Bonchev–Trinajstić information content (AvgIpc) is 2.36. The van der Waals surface area contributed by atoms with Crippen LogP contribution in [0, 0.1) is 0 Å². The van der Waals surface area contributed by atoms with Gasteiger partial charge in [0.1, 0.15) is 0 Å². The molecule has 6 nitrogen and oxygen atoms in total. The van der Waals surface area contributed by atoms with Crippen molar-refractivity contribution in [3.05, 3.63) is 12.1 Å². The van der Waals surface area contributed by atoms with E-state index in [1.807, 2.05) is 0 Å². The van der Waals surface area contributed by atoms with Gasteiger partial charge < -0.3 is 30.7 Å². The van der Waals surface area contributed by atoms with Crippen LogP contribution in [0.15, 0.2) is 12.1 Å². The second-order valence-electron chi connectivity index (χ2n) is 3.50. The lowest BCUT2D eigenvalue weighted by molar-refractivity contribution is 0.204. The summed E-state index contributed by atoms with van der Waals surface area (Å²) in [6.45, 7) is -0.380. The Balaban J connectivity index is 2.99. The van der Waals surface area contributed by atoms with Crippen molar-refractivity contribution < 1.29 is 19.7 Å². The summed E-state index contributed by atoms with van der Waals surface area (Å²) in [5, 5.41) is 20.9. The molecule has 0 aliphatic heterocycles. The summed E-state index contributed by atoms with van der Waals surface area (Å²) in [5.74, 6) is 1.05. The molecule has 0 saturated carbocycles. The van der Waals surface area contributed by atoms with Gasteiger partial charge in [0.2, 0.25) is 0 Å². The van der Waals surface area contributed by atoms with E-state index >= 15 is 0 Å². The molecule has 0 radical (unpaired) electrons. The first-order chi connectivity index (χ1) is 8.15. The zero-order valence-electron chi connectivity index (χ0n) is 9.93. The molecule has 1 aromatic rings. The lowest BCUT2D eigenvalue weighted by atomic mass is 10.2. The van der Waals surface area contributed by atoms with E-state index in [0.29, 0.717) is 22.9 Å². The van der Waals surface area contributed by atoms with Crippen molar-refractivity contribution in [2.75, 3.05) is 38.5 Å². The van der Waals surface area contributed by atoms with Gasteiger partial charge in [0.15, 0.2) is 11.5 Å². The summed E-state index contributed by atoms with van der Waals surface area (Å²) in [5.41, 5.74) is 6.85. The molecule has 0 saturated heterocycles. The van der Waals surface area contributed by atoms with E-state index in [1.165, 1.54) is 14.2 Å². The second-order valence-corrected chi connectivity index (χ2v) is 3.50. The number of benzene rings is 1. The van der Waals surface area contributed by atoms with E-state index < -0.39 is 6.04 Å². The van der Waals surface area contributed by atoms with Gasteiger partial charge in [-0.05, 0) is 0 Å². The Hall–Kier alpha value is -1.66. The van der Waals surface area contributed by atoms with Gasteiger partial charge in [-0.25, -0.2) is 0 Å². The standard InChI is InChI=1S/C11H18N2O4/c1-16-10-3-8(12)9(4-11(10)17-2)13-7(5-14)6-15/h3-4,7,13-15H,5-6,12H2,1-2H3. The molecule has 0 atom stereocenters. The van der Waals surface area contributed by atoms with Crippen LogP contribution < -0.4 is 20.5 Å². The predicted molar refractivity (Wildman–Crippen MR) is 65.5 cm³/mol. The highest BCUT2D eigenvalue weighted by atomic mass is 16.5. The minimum absolute atomic E-state index is 0.190. The van der Waals surface area contributed by atoms with Gasteiger partial charge in [-0.15, -0.1) is 0 Å². The summed E-state index contributed by atoms with van der Waals surface area (Å²) < 4.78 is 10.2. The first-order valence-electron chi connectivity index (χ1n) is 5.16. The fourth-order valence-electron chi connectivity index (χ4n) is 1.39. The molecule has 0 aliphatic carbocycles. The molecule has 1 aromatic carbocycles. The number of hydrogen-bond donors (Lipinski definition) is 4. The summed E-state index contributed by atoms with van der Waals surface area (Å²) in [6, 6.07) is 2.81. The van der Waals surface area contributed by atoms with Crippen LogP contribution in [-0.4, -0.2) is 43.7 Å². The Morgan fingerprint density at radius 1 is 1.18 bits per heavy atom. The molecule has 0 aromatic heterocycles. The second kappa shape index (κ2) is 6.17. The number of nitrogens with one attached hydrogen (secondary N) is 1. The van der Waals surface area contributed by atoms with Crippen LogP contribution in [0.25, 0.3) is 0 Å². The van der Waals surface area contributed by atoms with Crippen LogP contribution >= 0.6 is 0 Å². The van der Waals surface area contributed by atoms with Gasteiger partial charge in [-0.3, -0.25) is 0 Å². The average molecular weight is 242 g/mol. The number of aliphatic hydroxyl groups excluding tert-OH is 2. The molecule has 0 aliphatic rings. The molecule has 0 spiro atoms. The highest BCUT2D eigenvalue weighted by Crippen LogP contribution is 2.34. The highest BCUT2D eigenvalue weighted by molar-refractivity contribution is 5.72. The normalized spacial score (nSPS) is 10.4. The van der Waals surface area contributed by atoms with Crippen molar-refractivity contribution in [2.24, 2.45) is 0 Å². The maximum absolute atomic E-state index is 8.99. The Labute approximate surface area is 100.0 Å². The van der Waals surface area contributed by atoms with E-state index in [4.69, 9.17) is 25.4 Å². The topological polar surface area (TPSA) is 97.0 Å². The van der Waals surface area contributed by atoms with Crippen molar-refractivity contribution in [1.82, 2.24) is 0 Å². The first-order valence-corrected chi connectivity index (χ1v) is 5.16. The third kappa shape index (κ3) is 3.15. The van der Waals surface area contributed by atoms with Crippen molar-refractivity contribution in [3.63, 3.8) is 0 Å². The largest absolute Gasteiger partial charge is 0.493 e. The quantitative estimate of drug-likeness (QED) is 0.526. The minimum atomic E-state index is -0.463. The van der Waals surface area contributed by atoms with Crippen LogP contribution in [-0.2, 0) is 0 Å². The maximum atomic E-state index is 8.99. The fourth-order valence-corrected chi connectivity index (χ4v) is 1.39. The predicted octanol–water partition coefficient (Wildman–Crippen LogP) is 0.0511. The number of nitrogen functional groups attached to an aromatic ring is 1. The zero-order valence-corrected chi connectivity index (χ0v) is 9.93. The van der Waals surface area contributed by atoms with Crippen LogP contribution in [0.2, 0.25) is 0 Å². The minimum Gasteiger partial charge on any atom is -0.493 e. The Bertz CT molecular complexity index is 367. The number of methoxy groups -OCH3 is 2. The van der Waals surface area contributed by atoms with E-state index in [1.54, 1.807) is 12.1 Å². The molecule has 6 heteroatoms. The van der Waals surface area contributed by atoms with Crippen LogP contribution in [0.5, 0.6) is 11.5 Å². The lowest BCUT2D eigenvalue weighted by Crippen LogP contribution is -2.28. The third-order valence-electron chi connectivity index (χ3n) is 2.36. The van der Waals surface area contributed by atoms with Gasteiger partial charge >= 0.3 is 0 Å². The molecule has 0 amide bonds. The number of aliphatic hydroxyl groups is 2. The summed E-state index contributed by atoms with van der Waals surface area (Å²) >= 11 is 0. The zero-order chi connectivity index (χ0) is 12.8. The Kier molecular flexibility index (Phi) is 4.86. The summed E-state index contributed by atoms with van der Waals surface area (Å²) in [6.07, 6.45) is 0. The summed E-state index contributed by atoms with van der Waals surface area (Å²) in [7, 11) is 3.04. The molecule has 96 valence electrons. The lowest BCUT2D eigenvalue weighted by Gasteiger charge is -2.18. The first kappa shape index (κ1) is 13.4. The highest BCUT2D eigenvalue weighted by Gasteiger charge is 2.12.